The molecule has 0 unspecified atom stereocenters. The van der Waals surface area contributed by atoms with E-state index in [0.29, 0.717) is 0 Å². The summed E-state index contributed by atoms with van der Waals surface area (Å²) in [7, 11) is 0. The van der Waals surface area contributed by atoms with Crippen molar-refractivity contribution in [3.05, 3.63) is 0 Å². The largest absolute Gasteiger partial charge is 1.00 e. The molecule has 0 radical (unpaired) electrons. The molecule has 24 valence electrons. The van der Waals surface area contributed by atoms with Crippen molar-refractivity contribution in [1.29, 1.82) is 0 Å². The van der Waals surface area contributed by atoms with Crippen LogP contribution in [0, 0.1) is 0 Å². The van der Waals surface area contributed by atoms with Crippen LogP contribution >= 0.6 is 0 Å². The van der Waals surface area contributed by atoms with Gasteiger partial charge in [0.15, 0.2) is 0 Å². The Morgan fingerprint density at radius 3 is 1.60 bits per heavy atom. The van der Waals surface area contributed by atoms with Crippen LogP contribution in [-0.4, -0.2) is 6.47 Å². The van der Waals surface area contributed by atoms with Gasteiger partial charge in [0.25, 0.3) is 0 Å². The first kappa shape index (κ1) is 16.4. The first-order valence-corrected chi connectivity index (χ1v) is 0.408. The third kappa shape index (κ3) is 38.4. The van der Waals surface area contributed by atoms with Crippen molar-refractivity contribution in [2.45, 2.75) is 0 Å². The van der Waals surface area contributed by atoms with Crippen LogP contribution in [0.1, 0.15) is 0 Å². The van der Waals surface area contributed by atoms with E-state index in [1.54, 1.807) is 0 Å². The Bertz CT molecular complexity index is 17.1. The second kappa shape index (κ2) is 19.1. The molecule has 0 bridgehead atoms. The maximum atomic E-state index is 8.12. The van der Waals surface area contributed by atoms with Crippen LogP contribution in [-0.2, 0) is 25.9 Å². The van der Waals surface area contributed by atoms with Crippen molar-refractivity contribution in [3.8, 4) is 0 Å². The average Bonchev–Trinajstić information content (AvgIpc) is 0.918. The van der Waals surface area contributed by atoms with E-state index in [2.05, 4.69) is 0 Å². The fourth-order valence-corrected chi connectivity index (χ4v) is 0. The monoisotopic (exact) mass is 251 g/mol. The zero-order valence-electron chi connectivity index (χ0n) is 2.72. The van der Waals surface area contributed by atoms with Gasteiger partial charge in [-0.15, -0.1) is 0 Å². The summed E-state index contributed by atoms with van der Waals surface area (Å²) in [5.41, 5.74) is 0. The summed E-state index contributed by atoms with van der Waals surface area (Å²) in [6.07, 6.45) is 0. The molecule has 0 amide bonds. The molecule has 0 rings (SSSR count). The van der Waals surface area contributed by atoms with E-state index in [1.807, 2.05) is 0 Å². The SMILES string of the molecule is O=[C-][O-].[Na+].[W]. The number of hydrogen-bond acceptors (Lipinski definition) is 2. The van der Waals surface area contributed by atoms with Crippen molar-refractivity contribution in [2.24, 2.45) is 0 Å². The van der Waals surface area contributed by atoms with E-state index in [-0.39, 0.29) is 57.1 Å². The Hall–Kier alpha value is 1.16. The average molecular weight is 251 g/mol. The first-order valence-electron chi connectivity index (χ1n) is 0.408. The van der Waals surface area contributed by atoms with Crippen LogP contribution in [0.4, 0.5) is 0 Å². The van der Waals surface area contributed by atoms with Gasteiger partial charge in [-0.3, -0.25) is 0 Å². The molecule has 4 heteroatoms. The molecule has 0 heterocycles. The van der Waals surface area contributed by atoms with Gasteiger partial charge in [0.05, 0.1) is 0 Å². The summed E-state index contributed by atoms with van der Waals surface area (Å²) >= 11 is 0. The Balaban J connectivity index is -0.0000000200. The molecular formula is CNaO2W-. The summed E-state index contributed by atoms with van der Waals surface area (Å²) in [6.45, 7) is 0.250. The Morgan fingerprint density at radius 1 is 1.60 bits per heavy atom. The van der Waals surface area contributed by atoms with Crippen LogP contribution < -0.4 is 34.7 Å². The van der Waals surface area contributed by atoms with Gasteiger partial charge in [-0.25, -0.2) is 0 Å². The summed E-state index contributed by atoms with van der Waals surface area (Å²) < 4.78 is 0. The summed E-state index contributed by atoms with van der Waals surface area (Å²) in [5.74, 6) is 0. The Morgan fingerprint density at radius 2 is 1.60 bits per heavy atom. The van der Waals surface area contributed by atoms with E-state index >= 15 is 0 Å². The predicted octanol–water partition coefficient (Wildman–Crippen LogP) is -4.72. The molecule has 0 aliphatic rings. The molecule has 0 saturated carbocycles. The summed E-state index contributed by atoms with van der Waals surface area (Å²) in [6, 6.07) is 0. The van der Waals surface area contributed by atoms with E-state index in [9.17, 15) is 0 Å². The summed E-state index contributed by atoms with van der Waals surface area (Å²) in [5, 5.41) is 8.12. The topological polar surface area (TPSA) is 40.1 Å². The van der Waals surface area contributed by atoms with Gasteiger partial charge in [-0.1, -0.05) is 0 Å². The van der Waals surface area contributed by atoms with Gasteiger partial charge in [0.1, 0.15) is 0 Å². The number of rotatable bonds is 0. The zero-order chi connectivity index (χ0) is 2.71. The fourth-order valence-electron chi connectivity index (χ4n) is 0. The van der Waals surface area contributed by atoms with Crippen LogP contribution in [0.3, 0.4) is 0 Å². The van der Waals surface area contributed by atoms with Crippen molar-refractivity contribution in [1.82, 2.24) is 0 Å². The maximum absolute atomic E-state index is 8.12. The molecule has 0 atom stereocenters. The maximum Gasteiger partial charge on any atom is 1.00 e. The minimum absolute atomic E-state index is 0. The normalized spacial score (nSPS) is 2.40. The van der Waals surface area contributed by atoms with Gasteiger partial charge in [-0.05, 0) is 0 Å². The minimum Gasteiger partial charge on any atom is -0.794 e. The van der Waals surface area contributed by atoms with Gasteiger partial charge in [-0.2, -0.15) is 0 Å². The number of carbonyl (C=O) groups excluding carboxylic acids is 1. The molecule has 0 saturated heterocycles. The molecule has 0 aliphatic carbocycles. The standard InChI is InChI=1S/CO2.Na.W/c2-1-3;;/q-2;+1;. The fraction of sp³-hybridized carbons (Fsp3) is 0. The Labute approximate surface area is 66.5 Å². The van der Waals surface area contributed by atoms with E-state index in [4.69, 9.17) is 9.90 Å². The van der Waals surface area contributed by atoms with Crippen molar-refractivity contribution < 1.29 is 60.5 Å². The van der Waals surface area contributed by atoms with Crippen LogP contribution in [0.15, 0.2) is 0 Å². The third-order valence-electron chi connectivity index (χ3n) is 0. The minimum atomic E-state index is 0. The van der Waals surface area contributed by atoms with Crippen LogP contribution in [0.5, 0.6) is 0 Å². The van der Waals surface area contributed by atoms with Crippen LogP contribution in [0.2, 0.25) is 0 Å². The second-order valence-electron chi connectivity index (χ2n) is 0.0833. The van der Waals surface area contributed by atoms with Crippen LogP contribution in [0.25, 0.3) is 0 Å². The molecular weight excluding hydrogens is 251 g/mol. The molecule has 0 aromatic rings. The molecule has 0 aromatic heterocycles. The van der Waals surface area contributed by atoms with Crippen molar-refractivity contribution in [2.75, 3.05) is 0 Å². The summed E-state index contributed by atoms with van der Waals surface area (Å²) in [4.78, 5) is 8.12. The first-order chi connectivity index (χ1) is 1.41. The van der Waals surface area contributed by atoms with Crippen molar-refractivity contribution >= 4 is 6.47 Å². The Kier molecular flexibility index (Phi) is 62.9. The zero-order valence-corrected chi connectivity index (χ0v) is 7.66. The molecule has 0 spiro atoms. The van der Waals surface area contributed by atoms with Gasteiger partial charge >= 0.3 is 29.6 Å². The van der Waals surface area contributed by atoms with E-state index in [0.717, 1.165) is 0 Å². The third-order valence-corrected chi connectivity index (χ3v) is 0. The molecule has 0 fully saturated rings. The smallest absolute Gasteiger partial charge is 0.794 e. The number of hydrogen-bond donors (Lipinski definition) is 0. The van der Waals surface area contributed by atoms with Crippen molar-refractivity contribution in [3.63, 3.8) is 0 Å². The predicted molar refractivity (Wildman–Crippen MR) is 5.69 cm³/mol. The molecule has 0 aliphatic heterocycles. The molecule has 5 heavy (non-hydrogen) atoms. The van der Waals surface area contributed by atoms with Gasteiger partial charge in [0.2, 0.25) is 0 Å². The van der Waals surface area contributed by atoms with Gasteiger partial charge < -0.3 is 16.4 Å². The van der Waals surface area contributed by atoms with E-state index < -0.39 is 0 Å². The van der Waals surface area contributed by atoms with E-state index in [1.165, 1.54) is 0 Å². The van der Waals surface area contributed by atoms with Gasteiger partial charge in [0, 0.05) is 21.1 Å². The molecule has 2 nitrogen and oxygen atoms in total. The molecule has 0 aromatic carbocycles. The molecule has 0 N–H and O–H groups in total. The quantitative estimate of drug-likeness (QED) is 0.320. The second-order valence-corrected chi connectivity index (χ2v) is 0.0833.